The lowest BCUT2D eigenvalue weighted by atomic mass is 10.1. The van der Waals surface area contributed by atoms with Gasteiger partial charge in [-0.3, -0.25) is 13.9 Å². The van der Waals surface area contributed by atoms with Gasteiger partial charge >= 0.3 is 0 Å². The van der Waals surface area contributed by atoms with Crippen molar-refractivity contribution in [3.05, 3.63) is 64.1 Å². The highest BCUT2D eigenvalue weighted by Gasteiger charge is 2.31. The highest BCUT2D eigenvalue weighted by atomic mass is 79.9. The zero-order valence-electron chi connectivity index (χ0n) is 19.5. The van der Waals surface area contributed by atoms with Gasteiger partial charge in [0.25, 0.3) is 0 Å². The molecule has 0 aliphatic heterocycles. The van der Waals surface area contributed by atoms with Gasteiger partial charge in [-0.05, 0) is 55.2 Å². The molecule has 2 aromatic carbocycles. The molecule has 0 saturated carbocycles. The molecule has 0 aliphatic rings. The van der Waals surface area contributed by atoms with Crippen molar-refractivity contribution >= 4 is 43.5 Å². The number of nitrogens with zero attached hydrogens (tertiary/aromatic N) is 2. The van der Waals surface area contributed by atoms with E-state index in [0.29, 0.717) is 18.7 Å². The molecule has 9 heteroatoms. The first-order valence-corrected chi connectivity index (χ1v) is 13.6. The van der Waals surface area contributed by atoms with Gasteiger partial charge in [-0.15, -0.1) is 0 Å². The number of carbonyl (C=O) groups is 2. The van der Waals surface area contributed by atoms with E-state index in [4.69, 9.17) is 0 Å². The number of aryl methyl sites for hydroxylation is 1. The molecule has 180 valence electrons. The second-order valence-electron chi connectivity index (χ2n) is 7.91. The lowest BCUT2D eigenvalue weighted by Crippen LogP contribution is -2.52. The second kappa shape index (κ2) is 12.2. The topological polar surface area (TPSA) is 86.8 Å². The molecule has 2 rings (SSSR count). The molecule has 0 aromatic heterocycles. The minimum atomic E-state index is -3.74. The Balaban J connectivity index is 2.42. The number of hydrogen-bond acceptors (Lipinski definition) is 4. The highest BCUT2D eigenvalue weighted by molar-refractivity contribution is 9.10. The molecule has 1 unspecified atom stereocenters. The van der Waals surface area contributed by atoms with Crippen LogP contribution in [-0.2, 0) is 26.2 Å². The van der Waals surface area contributed by atoms with Crippen molar-refractivity contribution < 1.29 is 18.0 Å². The van der Waals surface area contributed by atoms with Crippen molar-refractivity contribution in [3.8, 4) is 0 Å². The molecule has 0 saturated heterocycles. The molecule has 2 amide bonds. The van der Waals surface area contributed by atoms with E-state index >= 15 is 0 Å². The number of halogens is 1. The Labute approximate surface area is 205 Å². The fourth-order valence-corrected chi connectivity index (χ4v) is 4.59. The molecular weight excluding hydrogens is 506 g/mol. The number of sulfonamides is 1. The van der Waals surface area contributed by atoms with E-state index in [9.17, 15) is 18.0 Å². The number of rotatable bonds is 11. The van der Waals surface area contributed by atoms with Crippen molar-refractivity contribution in [1.82, 2.24) is 10.2 Å². The van der Waals surface area contributed by atoms with Gasteiger partial charge in [0.2, 0.25) is 21.8 Å². The molecular formula is C24H32BrN3O4S. The highest BCUT2D eigenvalue weighted by Crippen LogP contribution is 2.22. The molecule has 7 nitrogen and oxygen atoms in total. The number of benzene rings is 2. The number of carbonyl (C=O) groups excluding carboxylic acids is 2. The monoisotopic (exact) mass is 537 g/mol. The van der Waals surface area contributed by atoms with Crippen molar-refractivity contribution in [2.45, 2.75) is 46.2 Å². The van der Waals surface area contributed by atoms with Gasteiger partial charge < -0.3 is 10.2 Å². The molecule has 2 aromatic rings. The minimum absolute atomic E-state index is 0.210. The predicted octanol–water partition coefficient (Wildman–Crippen LogP) is 3.86. The summed E-state index contributed by atoms with van der Waals surface area (Å²) in [6, 6.07) is 13.6. The first-order chi connectivity index (χ1) is 15.6. The zero-order valence-corrected chi connectivity index (χ0v) is 21.9. The molecule has 0 radical (unpaired) electrons. The Morgan fingerprint density at radius 1 is 1.06 bits per heavy atom. The molecule has 0 heterocycles. The van der Waals surface area contributed by atoms with Crippen molar-refractivity contribution in [2.24, 2.45) is 0 Å². The van der Waals surface area contributed by atoms with Gasteiger partial charge in [-0.2, -0.15) is 0 Å². The van der Waals surface area contributed by atoms with Crippen LogP contribution in [0.5, 0.6) is 0 Å². The summed E-state index contributed by atoms with van der Waals surface area (Å²) in [6.45, 7) is 6.07. The normalized spacial score (nSPS) is 12.2. The first-order valence-electron chi connectivity index (χ1n) is 10.9. The van der Waals surface area contributed by atoms with Crippen LogP contribution >= 0.6 is 15.9 Å². The van der Waals surface area contributed by atoms with Crippen molar-refractivity contribution in [2.75, 3.05) is 23.7 Å². The van der Waals surface area contributed by atoms with Gasteiger partial charge in [0.05, 0.1) is 11.9 Å². The largest absolute Gasteiger partial charge is 0.354 e. The van der Waals surface area contributed by atoms with E-state index in [0.717, 1.165) is 32.6 Å². The zero-order chi connectivity index (χ0) is 24.6. The van der Waals surface area contributed by atoms with Crippen molar-refractivity contribution in [3.63, 3.8) is 0 Å². The Morgan fingerprint density at radius 3 is 2.24 bits per heavy atom. The summed E-state index contributed by atoms with van der Waals surface area (Å²) in [7, 11) is -3.74. The van der Waals surface area contributed by atoms with E-state index in [1.807, 2.05) is 45.0 Å². The number of anilines is 1. The fourth-order valence-electron chi connectivity index (χ4n) is 3.48. The average molecular weight is 539 g/mol. The summed E-state index contributed by atoms with van der Waals surface area (Å²) in [5.41, 5.74) is 2.28. The summed E-state index contributed by atoms with van der Waals surface area (Å²) >= 11 is 3.34. The van der Waals surface area contributed by atoms with Gasteiger partial charge in [-0.1, -0.05) is 54.0 Å². The Bertz CT molecular complexity index is 1060. The van der Waals surface area contributed by atoms with Crippen LogP contribution in [0, 0.1) is 6.92 Å². The van der Waals surface area contributed by atoms with Gasteiger partial charge in [0.1, 0.15) is 12.6 Å². The SMILES string of the molecule is CCCNC(=O)C(CC)N(Cc1ccccc1C)C(=O)CN(c1ccc(Br)cc1)S(C)(=O)=O. The molecule has 0 fully saturated rings. The van der Waals surface area contributed by atoms with E-state index < -0.39 is 28.5 Å². The van der Waals surface area contributed by atoms with E-state index in [1.54, 1.807) is 24.3 Å². The summed E-state index contributed by atoms with van der Waals surface area (Å²) in [5, 5.41) is 2.87. The number of amides is 2. The standard InChI is InChI=1S/C24H32BrN3O4S/c1-5-15-26-24(30)22(6-2)27(16-19-10-8-7-9-18(19)3)23(29)17-28(33(4,31)32)21-13-11-20(25)12-14-21/h7-14,22H,5-6,15-17H2,1-4H3,(H,26,30). The Hall–Kier alpha value is -2.39. The summed E-state index contributed by atoms with van der Waals surface area (Å²) < 4.78 is 27.0. The average Bonchev–Trinajstić information content (AvgIpc) is 2.77. The van der Waals surface area contributed by atoms with Crippen LogP contribution in [0.4, 0.5) is 5.69 Å². The number of nitrogens with one attached hydrogen (secondary N) is 1. The third-order valence-electron chi connectivity index (χ3n) is 5.33. The van der Waals surface area contributed by atoms with Gasteiger partial charge in [-0.25, -0.2) is 8.42 Å². The van der Waals surface area contributed by atoms with Crippen LogP contribution < -0.4 is 9.62 Å². The second-order valence-corrected chi connectivity index (χ2v) is 10.7. The maximum Gasteiger partial charge on any atom is 0.244 e. The Kier molecular flexibility index (Phi) is 9.91. The molecule has 33 heavy (non-hydrogen) atoms. The molecule has 1 atom stereocenters. The fraction of sp³-hybridized carbons (Fsp3) is 0.417. The molecule has 0 spiro atoms. The summed E-state index contributed by atoms with van der Waals surface area (Å²) in [5.74, 6) is -0.680. The third-order valence-corrected chi connectivity index (χ3v) is 7.00. The molecule has 0 bridgehead atoms. The van der Waals surface area contributed by atoms with Gasteiger partial charge in [0, 0.05) is 17.6 Å². The lowest BCUT2D eigenvalue weighted by Gasteiger charge is -2.33. The maximum atomic E-state index is 13.6. The van der Waals surface area contributed by atoms with Crippen LogP contribution in [0.25, 0.3) is 0 Å². The minimum Gasteiger partial charge on any atom is -0.354 e. The van der Waals surface area contributed by atoms with Crippen LogP contribution in [0.3, 0.4) is 0 Å². The summed E-state index contributed by atoms with van der Waals surface area (Å²) in [4.78, 5) is 28.0. The maximum absolute atomic E-state index is 13.6. The van der Waals surface area contributed by atoms with Crippen LogP contribution in [0.15, 0.2) is 53.0 Å². The van der Waals surface area contributed by atoms with E-state index in [1.165, 1.54) is 4.90 Å². The van der Waals surface area contributed by atoms with Gasteiger partial charge in [0.15, 0.2) is 0 Å². The smallest absolute Gasteiger partial charge is 0.244 e. The number of hydrogen-bond donors (Lipinski definition) is 1. The van der Waals surface area contributed by atoms with Crippen LogP contribution in [0.1, 0.15) is 37.8 Å². The van der Waals surface area contributed by atoms with Crippen LogP contribution in [0.2, 0.25) is 0 Å². The van der Waals surface area contributed by atoms with E-state index in [2.05, 4.69) is 21.2 Å². The van der Waals surface area contributed by atoms with Crippen LogP contribution in [-0.4, -0.2) is 50.5 Å². The summed E-state index contributed by atoms with van der Waals surface area (Å²) in [6.07, 6.45) is 2.25. The molecule has 1 N–H and O–H groups in total. The van der Waals surface area contributed by atoms with E-state index in [-0.39, 0.29) is 12.5 Å². The first kappa shape index (κ1) is 26.9. The third kappa shape index (κ3) is 7.57. The van der Waals surface area contributed by atoms with Crippen molar-refractivity contribution in [1.29, 1.82) is 0 Å². The molecule has 0 aliphatic carbocycles. The lowest BCUT2D eigenvalue weighted by molar-refractivity contribution is -0.140. The predicted molar refractivity (Wildman–Crippen MR) is 135 cm³/mol. The Morgan fingerprint density at radius 2 is 1.70 bits per heavy atom. The quantitative estimate of drug-likeness (QED) is 0.471.